The zero-order valence-electron chi connectivity index (χ0n) is 16.5. The molecule has 0 saturated carbocycles. The molecule has 30 heavy (non-hydrogen) atoms. The molecule has 3 rings (SSSR count). The molecular formula is C21H22ClF3I2N3-. The van der Waals surface area contributed by atoms with Crippen molar-refractivity contribution in [2.45, 2.75) is 26.1 Å². The summed E-state index contributed by atoms with van der Waals surface area (Å²) in [6, 6.07) is 3.52. The third-order valence-corrected chi connectivity index (χ3v) is 8.53. The Bertz CT molecular complexity index is 949. The predicted octanol–water partition coefficient (Wildman–Crippen LogP) is 2.69. The van der Waals surface area contributed by atoms with Gasteiger partial charge in [-0.2, -0.15) is 0 Å². The van der Waals surface area contributed by atoms with Gasteiger partial charge in [-0.1, -0.05) is 0 Å². The summed E-state index contributed by atoms with van der Waals surface area (Å²) in [4.78, 5) is 9.21. The SMILES string of the molecule is C/C=C\C(=C/[I-]C)C1=CI=C2NCCCN(Cc3cc(C(F)(F)F)ccc3Cl)C2=N1. The van der Waals surface area contributed by atoms with E-state index in [0.29, 0.717) is 23.7 Å². The van der Waals surface area contributed by atoms with Gasteiger partial charge >= 0.3 is 201 Å². The number of allylic oxidation sites excluding steroid dienone is 2. The quantitative estimate of drug-likeness (QED) is 0.299. The van der Waals surface area contributed by atoms with E-state index < -0.39 is 32.5 Å². The van der Waals surface area contributed by atoms with Gasteiger partial charge < -0.3 is 0 Å². The second kappa shape index (κ2) is 10.7. The predicted molar refractivity (Wildman–Crippen MR) is 123 cm³/mol. The number of nitrogens with one attached hydrogen (secondary N) is 1. The van der Waals surface area contributed by atoms with E-state index in [-0.39, 0.29) is 21.2 Å². The molecule has 9 heteroatoms. The number of amidine groups is 1. The van der Waals surface area contributed by atoms with Gasteiger partial charge in [0, 0.05) is 0 Å². The number of aliphatic imine (C=N–C) groups is 1. The standard InChI is InChI=1S/C21H22ClF3I2N3/c1-3-5-14(11-26-2)18-12-27-19-20(29-18)30(9-4-8-28-19)13-15-10-16(21(23,24)25)6-7-17(15)22/h3,5-7,10-12,28H,4,8-9,13H2,1-2H3/q-1/b5-3-,14-11+. The molecule has 1 saturated heterocycles. The van der Waals surface area contributed by atoms with Crippen molar-refractivity contribution in [2.24, 2.45) is 4.99 Å². The molecule has 0 amide bonds. The Balaban J connectivity index is 1.97. The molecule has 3 nitrogen and oxygen atoms in total. The van der Waals surface area contributed by atoms with Crippen molar-refractivity contribution in [3.8, 4) is 0 Å². The average molecular weight is 663 g/mol. The van der Waals surface area contributed by atoms with Crippen LogP contribution < -0.4 is 26.5 Å². The maximum absolute atomic E-state index is 13.2. The molecular weight excluding hydrogens is 641 g/mol. The Morgan fingerprint density at radius 3 is 2.90 bits per heavy atom. The number of nitrogens with zero attached hydrogens (tertiary/aromatic N) is 2. The third kappa shape index (κ3) is 5.95. The van der Waals surface area contributed by atoms with Crippen LogP contribution in [-0.4, -0.2) is 32.4 Å². The molecule has 0 bridgehead atoms. The van der Waals surface area contributed by atoms with Gasteiger partial charge in [-0.05, 0) is 0 Å². The van der Waals surface area contributed by atoms with Crippen LogP contribution in [0.2, 0.25) is 5.02 Å². The van der Waals surface area contributed by atoms with Crippen molar-refractivity contribution < 1.29 is 34.4 Å². The summed E-state index contributed by atoms with van der Waals surface area (Å²) in [5, 5.41) is 3.82. The van der Waals surface area contributed by atoms with E-state index in [1.54, 1.807) is 0 Å². The molecule has 1 aromatic rings. The molecule has 0 unspecified atom stereocenters. The summed E-state index contributed by atoms with van der Waals surface area (Å²) >= 11 is 5.83. The molecule has 0 atom stereocenters. The van der Waals surface area contributed by atoms with Crippen LogP contribution in [0.5, 0.6) is 0 Å². The molecule has 0 spiro atoms. The summed E-state index contributed by atoms with van der Waals surface area (Å²) in [6.07, 6.45) is 0.577. The fourth-order valence-corrected chi connectivity index (χ4v) is 6.79. The molecule has 2 heterocycles. The van der Waals surface area contributed by atoms with Crippen LogP contribution in [0.3, 0.4) is 0 Å². The van der Waals surface area contributed by atoms with Crippen molar-refractivity contribution in [1.29, 1.82) is 0 Å². The van der Waals surface area contributed by atoms with Crippen LogP contribution in [0.1, 0.15) is 24.5 Å². The Morgan fingerprint density at radius 2 is 2.20 bits per heavy atom. The van der Waals surface area contributed by atoms with Gasteiger partial charge in [-0.25, -0.2) is 0 Å². The number of hydrogen-bond acceptors (Lipinski definition) is 3. The van der Waals surface area contributed by atoms with E-state index in [2.05, 4.69) is 29.4 Å². The zero-order valence-corrected chi connectivity index (χ0v) is 21.6. The van der Waals surface area contributed by atoms with E-state index in [1.165, 1.54) is 6.07 Å². The molecule has 1 N–H and O–H groups in total. The van der Waals surface area contributed by atoms with Gasteiger partial charge in [0.05, 0.1) is 0 Å². The molecule has 2 aliphatic rings. The fraction of sp³-hybridized carbons (Fsp3) is 0.333. The number of rotatable bonds is 5. The van der Waals surface area contributed by atoms with Crippen LogP contribution >= 0.6 is 32.3 Å². The maximum atomic E-state index is 13.2. The zero-order chi connectivity index (χ0) is 21.7. The van der Waals surface area contributed by atoms with Crippen molar-refractivity contribution in [3.05, 3.63) is 65.9 Å². The topological polar surface area (TPSA) is 27.6 Å². The first-order valence-corrected chi connectivity index (χ1v) is 15.4. The van der Waals surface area contributed by atoms with E-state index in [9.17, 15) is 13.2 Å². The summed E-state index contributed by atoms with van der Waals surface area (Å²) in [5.74, 6) is 0.844. The third-order valence-electron chi connectivity index (χ3n) is 4.48. The second-order valence-corrected chi connectivity index (χ2v) is 11.2. The van der Waals surface area contributed by atoms with Crippen LogP contribution in [0.25, 0.3) is 0 Å². The normalized spacial score (nSPS) is 18.4. The molecule has 0 aromatic heterocycles. The van der Waals surface area contributed by atoms with Crippen molar-refractivity contribution in [3.63, 3.8) is 0 Å². The number of hydrogen-bond donors (Lipinski definition) is 1. The second-order valence-electron chi connectivity index (χ2n) is 6.64. The number of halogens is 6. The molecule has 1 aromatic carbocycles. The summed E-state index contributed by atoms with van der Waals surface area (Å²) in [7, 11) is 0. The van der Waals surface area contributed by atoms with Gasteiger partial charge in [0.2, 0.25) is 0 Å². The molecule has 164 valence electrons. The van der Waals surface area contributed by atoms with Gasteiger partial charge in [0.25, 0.3) is 0 Å². The van der Waals surface area contributed by atoms with E-state index in [1.807, 2.05) is 13.0 Å². The van der Waals surface area contributed by atoms with Gasteiger partial charge in [0.15, 0.2) is 0 Å². The van der Waals surface area contributed by atoms with E-state index >= 15 is 0 Å². The average Bonchev–Trinajstić information content (AvgIpc) is 2.90. The number of benzene rings is 1. The van der Waals surface area contributed by atoms with Crippen molar-refractivity contribution in [1.82, 2.24) is 10.2 Å². The Morgan fingerprint density at radius 1 is 1.40 bits per heavy atom. The first-order chi connectivity index (χ1) is 14.3. The van der Waals surface area contributed by atoms with Gasteiger partial charge in [-0.15, -0.1) is 0 Å². The molecule has 0 radical (unpaired) electrons. The Hall–Kier alpha value is -0.720. The molecule has 2 aliphatic heterocycles. The van der Waals surface area contributed by atoms with Crippen LogP contribution in [-0.2, 0) is 12.7 Å². The van der Waals surface area contributed by atoms with Crippen LogP contribution in [0.4, 0.5) is 13.2 Å². The fourth-order valence-electron chi connectivity index (χ4n) is 3.08. The minimum atomic E-state index is -4.39. The molecule has 0 aliphatic carbocycles. The van der Waals surface area contributed by atoms with E-state index in [0.717, 1.165) is 45.8 Å². The summed E-state index contributed by atoms with van der Waals surface area (Å²) in [6.45, 7) is 3.83. The number of fused-ring (bicyclic) bond motifs is 1. The van der Waals surface area contributed by atoms with E-state index in [4.69, 9.17) is 16.6 Å². The van der Waals surface area contributed by atoms with Gasteiger partial charge in [-0.3, -0.25) is 0 Å². The minimum absolute atomic E-state index is 0.0405. The first kappa shape index (κ1) is 23.9. The number of alkyl halides is 4. The van der Waals surface area contributed by atoms with Crippen molar-refractivity contribution >= 4 is 41.8 Å². The van der Waals surface area contributed by atoms with Gasteiger partial charge in [0.1, 0.15) is 0 Å². The monoisotopic (exact) mass is 662 g/mol. The van der Waals surface area contributed by atoms with Crippen LogP contribution in [0.15, 0.2) is 54.8 Å². The first-order valence-electron chi connectivity index (χ1n) is 9.28. The van der Waals surface area contributed by atoms with Crippen molar-refractivity contribution in [2.75, 3.05) is 18.0 Å². The summed E-state index contributed by atoms with van der Waals surface area (Å²) < 4.78 is 45.2. The molecule has 1 fully saturated rings. The Labute approximate surface area is 200 Å². The Kier molecular flexibility index (Phi) is 8.56. The summed E-state index contributed by atoms with van der Waals surface area (Å²) in [5.41, 5.74) is 1.88. The van der Waals surface area contributed by atoms with Crippen LogP contribution in [0, 0.1) is 0 Å².